The molecule has 0 fully saturated rings. The van der Waals surface area contributed by atoms with E-state index in [1.807, 2.05) is 30.3 Å². The van der Waals surface area contributed by atoms with Gasteiger partial charge in [-0.05, 0) is 17.7 Å². The number of para-hydroxylation sites is 1. The molecule has 8 nitrogen and oxygen atoms in total. The average molecular weight is 402 g/mol. The van der Waals surface area contributed by atoms with Gasteiger partial charge in [0, 0.05) is 19.7 Å². The molecule has 2 aromatic carbocycles. The number of fused-ring (bicyclic) bond motifs is 1. The molecule has 0 aliphatic carbocycles. The quantitative estimate of drug-likeness (QED) is 0.643. The van der Waals surface area contributed by atoms with Gasteiger partial charge in [0.15, 0.2) is 0 Å². The molecule has 0 bridgehead atoms. The molecule has 0 atom stereocenters. The Kier molecular flexibility index (Phi) is 4.67. The van der Waals surface area contributed by atoms with Gasteiger partial charge in [0.1, 0.15) is 5.82 Å². The Bertz CT molecular complexity index is 1250. The first-order valence-electron chi connectivity index (χ1n) is 9.18. The van der Waals surface area contributed by atoms with Crippen molar-refractivity contribution in [3.63, 3.8) is 0 Å². The van der Waals surface area contributed by atoms with Crippen molar-refractivity contribution in [1.82, 2.24) is 14.8 Å². The van der Waals surface area contributed by atoms with E-state index in [0.717, 1.165) is 16.2 Å². The molecule has 0 unspecified atom stereocenters. The number of nitrogens with zero attached hydrogens (tertiary/aromatic N) is 2. The van der Waals surface area contributed by atoms with Gasteiger partial charge in [-0.2, -0.15) is 0 Å². The third-order valence-electron chi connectivity index (χ3n) is 4.94. The van der Waals surface area contributed by atoms with Gasteiger partial charge in [-0.1, -0.05) is 42.5 Å². The highest BCUT2D eigenvalue weighted by Gasteiger charge is 2.32. The first-order valence-corrected chi connectivity index (χ1v) is 9.18. The number of aromatic nitrogens is 1. The standard InChI is InChI=1S/C22H18N4O4/c1-25(12-13-7-3-2-4-8-13)22(30)14-9-5-6-10-16(14)26-17(27)11-15-18(19(26)23)21(29)24-20(15)28/h2-11H,12,23H2,1H3,(H,24,28,29). The van der Waals surface area contributed by atoms with E-state index in [-0.39, 0.29) is 34.1 Å². The predicted molar refractivity (Wildman–Crippen MR) is 110 cm³/mol. The zero-order valence-corrected chi connectivity index (χ0v) is 16.1. The first kappa shape index (κ1) is 19.1. The number of anilines is 1. The van der Waals surface area contributed by atoms with E-state index in [0.29, 0.717) is 6.54 Å². The summed E-state index contributed by atoms with van der Waals surface area (Å²) in [7, 11) is 1.66. The lowest BCUT2D eigenvalue weighted by Crippen LogP contribution is -2.30. The summed E-state index contributed by atoms with van der Waals surface area (Å²) in [6, 6.07) is 17.0. The van der Waals surface area contributed by atoms with Crippen LogP contribution >= 0.6 is 0 Å². The molecule has 0 radical (unpaired) electrons. The zero-order valence-electron chi connectivity index (χ0n) is 16.1. The molecule has 150 valence electrons. The normalized spacial score (nSPS) is 12.4. The topological polar surface area (TPSA) is 114 Å². The minimum absolute atomic E-state index is 0.0660. The van der Waals surface area contributed by atoms with Gasteiger partial charge in [-0.3, -0.25) is 29.1 Å². The highest BCUT2D eigenvalue weighted by molar-refractivity contribution is 6.23. The number of nitrogens with one attached hydrogen (secondary N) is 1. The van der Waals surface area contributed by atoms with Gasteiger partial charge in [0.05, 0.1) is 22.4 Å². The maximum Gasteiger partial charge on any atom is 0.262 e. The van der Waals surface area contributed by atoms with Gasteiger partial charge in [-0.25, -0.2) is 0 Å². The summed E-state index contributed by atoms with van der Waals surface area (Å²) in [6.07, 6.45) is 0. The molecular weight excluding hydrogens is 384 g/mol. The molecule has 3 aromatic rings. The van der Waals surface area contributed by atoms with Crippen LogP contribution in [-0.2, 0) is 6.54 Å². The SMILES string of the molecule is CN(Cc1ccccc1)C(=O)c1ccccc1-n1c(N)c2c(cc1=O)C(=O)NC2=O. The Morgan fingerprint density at radius 2 is 1.67 bits per heavy atom. The Labute approximate surface area is 171 Å². The zero-order chi connectivity index (χ0) is 21.4. The number of carbonyl (C=O) groups is 3. The van der Waals surface area contributed by atoms with Crippen molar-refractivity contribution >= 4 is 23.5 Å². The molecular formula is C22H18N4O4. The van der Waals surface area contributed by atoms with Gasteiger partial charge in [-0.15, -0.1) is 0 Å². The monoisotopic (exact) mass is 402 g/mol. The lowest BCUT2D eigenvalue weighted by Gasteiger charge is -2.20. The number of carbonyl (C=O) groups excluding carboxylic acids is 3. The van der Waals surface area contributed by atoms with Crippen LogP contribution < -0.4 is 16.6 Å². The molecule has 3 amide bonds. The van der Waals surface area contributed by atoms with Crippen LogP contribution in [0.3, 0.4) is 0 Å². The lowest BCUT2D eigenvalue weighted by atomic mass is 10.1. The van der Waals surface area contributed by atoms with Crippen LogP contribution in [0.15, 0.2) is 65.5 Å². The Morgan fingerprint density at radius 1 is 1.00 bits per heavy atom. The lowest BCUT2D eigenvalue weighted by molar-refractivity contribution is 0.0784. The van der Waals surface area contributed by atoms with Crippen molar-refractivity contribution < 1.29 is 14.4 Å². The summed E-state index contributed by atoms with van der Waals surface area (Å²) in [6.45, 7) is 0.374. The van der Waals surface area contributed by atoms with Gasteiger partial charge >= 0.3 is 0 Å². The van der Waals surface area contributed by atoms with Crippen LogP contribution in [0.4, 0.5) is 5.82 Å². The second-order valence-electron chi connectivity index (χ2n) is 6.94. The Morgan fingerprint density at radius 3 is 2.40 bits per heavy atom. The molecule has 1 aliphatic heterocycles. The highest BCUT2D eigenvalue weighted by Crippen LogP contribution is 2.25. The van der Waals surface area contributed by atoms with Crippen molar-refractivity contribution in [3.05, 3.63) is 93.3 Å². The number of benzene rings is 2. The number of hydrogen-bond donors (Lipinski definition) is 2. The Balaban J connectivity index is 1.79. The summed E-state index contributed by atoms with van der Waals surface area (Å²) >= 11 is 0. The second-order valence-corrected chi connectivity index (χ2v) is 6.94. The van der Waals surface area contributed by atoms with Gasteiger partial charge < -0.3 is 10.6 Å². The van der Waals surface area contributed by atoms with E-state index in [9.17, 15) is 19.2 Å². The molecule has 0 spiro atoms. The summed E-state index contributed by atoms with van der Waals surface area (Å²) in [5, 5.41) is 2.13. The van der Waals surface area contributed by atoms with Crippen molar-refractivity contribution in [2.24, 2.45) is 0 Å². The minimum atomic E-state index is -0.675. The van der Waals surface area contributed by atoms with Crippen LogP contribution in [0.1, 0.15) is 36.6 Å². The number of rotatable bonds is 4. The average Bonchev–Trinajstić information content (AvgIpc) is 3.02. The third kappa shape index (κ3) is 3.14. The van der Waals surface area contributed by atoms with Crippen molar-refractivity contribution in [3.8, 4) is 5.69 Å². The smallest absolute Gasteiger partial charge is 0.262 e. The molecule has 1 aromatic heterocycles. The number of amides is 3. The fraction of sp³-hybridized carbons (Fsp3) is 0.0909. The fourth-order valence-corrected chi connectivity index (χ4v) is 3.51. The second kappa shape index (κ2) is 7.32. The summed E-state index contributed by atoms with van der Waals surface area (Å²) in [5.74, 6) is -1.85. The van der Waals surface area contributed by atoms with Crippen molar-refractivity contribution in [2.75, 3.05) is 12.8 Å². The van der Waals surface area contributed by atoms with Crippen molar-refractivity contribution in [2.45, 2.75) is 6.54 Å². The number of hydrogen-bond acceptors (Lipinski definition) is 5. The van der Waals surface area contributed by atoms with Gasteiger partial charge in [0.25, 0.3) is 23.3 Å². The fourth-order valence-electron chi connectivity index (χ4n) is 3.51. The van der Waals surface area contributed by atoms with E-state index >= 15 is 0 Å². The number of nitrogen functional groups attached to an aromatic ring is 1. The minimum Gasteiger partial charge on any atom is -0.384 e. The predicted octanol–water partition coefficient (Wildman–Crippen LogP) is 1.58. The van der Waals surface area contributed by atoms with Crippen LogP contribution in [0.5, 0.6) is 0 Å². The van der Waals surface area contributed by atoms with Crippen molar-refractivity contribution in [1.29, 1.82) is 0 Å². The molecule has 0 saturated carbocycles. The maximum atomic E-state index is 13.2. The van der Waals surface area contributed by atoms with Gasteiger partial charge in [0.2, 0.25) is 0 Å². The van der Waals surface area contributed by atoms with Crippen LogP contribution in [0, 0.1) is 0 Å². The highest BCUT2D eigenvalue weighted by atomic mass is 16.2. The molecule has 30 heavy (non-hydrogen) atoms. The van der Waals surface area contributed by atoms with E-state index in [1.165, 1.54) is 4.90 Å². The summed E-state index contributed by atoms with van der Waals surface area (Å²) < 4.78 is 1.08. The number of nitrogens with two attached hydrogens (primary N) is 1. The van der Waals surface area contributed by atoms with Crippen LogP contribution in [0.25, 0.3) is 5.69 Å². The molecule has 0 saturated heterocycles. The number of pyridine rings is 1. The largest absolute Gasteiger partial charge is 0.384 e. The molecule has 3 N–H and O–H groups in total. The van der Waals surface area contributed by atoms with E-state index < -0.39 is 17.4 Å². The number of imide groups is 1. The van der Waals surface area contributed by atoms with E-state index in [1.54, 1.807) is 31.3 Å². The van der Waals surface area contributed by atoms with Crippen LogP contribution in [0.2, 0.25) is 0 Å². The first-order chi connectivity index (χ1) is 14.4. The molecule has 4 rings (SSSR count). The van der Waals surface area contributed by atoms with Crippen LogP contribution in [-0.4, -0.2) is 34.2 Å². The van der Waals surface area contributed by atoms with E-state index in [2.05, 4.69) is 5.32 Å². The molecule has 1 aliphatic rings. The Hall–Kier alpha value is -4.20. The summed E-state index contributed by atoms with van der Waals surface area (Å²) in [5.41, 5.74) is 6.80. The van der Waals surface area contributed by atoms with E-state index in [4.69, 9.17) is 5.73 Å². The third-order valence-corrected chi connectivity index (χ3v) is 4.94. The molecule has 2 heterocycles. The summed E-state index contributed by atoms with van der Waals surface area (Å²) in [4.78, 5) is 51.4. The maximum absolute atomic E-state index is 13.2. The molecule has 8 heteroatoms.